The Kier molecular flexibility index (Phi) is 6.22. The van der Waals surface area contributed by atoms with Crippen molar-refractivity contribution in [1.29, 1.82) is 0 Å². The molecule has 9 heteroatoms. The predicted molar refractivity (Wildman–Crippen MR) is 124 cm³/mol. The van der Waals surface area contributed by atoms with Crippen LogP contribution in [0.1, 0.15) is 16.7 Å². The fraction of sp³-hybridized carbons (Fsp3) is 0.0833. The number of hydrogen-bond donors (Lipinski definition) is 0. The van der Waals surface area contributed by atoms with E-state index in [1.165, 1.54) is 49.6 Å². The second-order valence-electron chi connectivity index (χ2n) is 7.11. The number of aryl methyl sites for hydroxylation is 1. The van der Waals surface area contributed by atoms with Crippen LogP contribution in [0.2, 0.25) is 5.02 Å². The molecule has 0 radical (unpaired) electrons. The zero-order chi connectivity index (χ0) is 23.6. The molecule has 0 saturated heterocycles. The summed E-state index contributed by atoms with van der Waals surface area (Å²) < 4.78 is 41.0. The smallest absolute Gasteiger partial charge is 0.363 e. The summed E-state index contributed by atoms with van der Waals surface area (Å²) >= 11 is 5.81. The van der Waals surface area contributed by atoms with Gasteiger partial charge in [-0.25, -0.2) is 9.79 Å². The molecule has 3 aromatic carbocycles. The van der Waals surface area contributed by atoms with Crippen LogP contribution in [0, 0.1) is 6.92 Å². The van der Waals surface area contributed by atoms with Crippen molar-refractivity contribution < 1.29 is 26.9 Å². The lowest BCUT2D eigenvalue weighted by atomic mass is 10.1. The Bertz CT molecular complexity index is 1390. The Morgan fingerprint density at radius 3 is 2.45 bits per heavy atom. The van der Waals surface area contributed by atoms with Gasteiger partial charge in [0.05, 0.1) is 7.11 Å². The maximum Gasteiger partial charge on any atom is 0.363 e. The molecule has 0 aliphatic carbocycles. The first-order valence-electron chi connectivity index (χ1n) is 9.73. The quantitative estimate of drug-likeness (QED) is 0.285. The Morgan fingerprint density at radius 1 is 1.00 bits per heavy atom. The van der Waals surface area contributed by atoms with Crippen molar-refractivity contribution in [3.05, 3.63) is 94.1 Å². The van der Waals surface area contributed by atoms with Crippen molar-refractivity contribution in [2.45, 2.75) is 11.8 Å². The van der Waals surface area contributed by atoms with Gasteiger partial charge in [-0.2, -0.15) is 8.42 Å². The molecule has 1 heterocycles. The van der Waals surface area contributed by atoms with Gasteiger partial charge in [0.15, 0.2) is 17.2 Å². The molecule has 1 aliphatic heterocycles. The highest BCUT2D eigenvalue weighted by Gasteiger charge is 2.25. The first kappa shape index (κ1) is 22.6. The minimum Gasteiger partial charge on any atom is -0.493 e. The highest BCUT2D eigenvalue weighted by atomic mass is 35.5. The minimum absolute atomic E-state index is 0.00690. The van der Waals surface area contributed by atoms with Crippen molar-refractivity contribution in [3.8, 4) is 11.5 Å². The summed E-state index contributed by atoms with van der Waals surface area (Å²) in [6.45, 7) is 1.93. The molecule has 0 fully saturated rings. The van der Waals surface area contributed by atoms with E-state index in [0.29, 0.717) is 16.1 Å². The van der Waals surface area contributed by atoms with Gasteiger partial charge in [-0.3, -0.25) is 0 Å². The molecule has 0 N–H and O–H groups in total. The standard InChI is InChI=1S/C24H18ClNO6S/c1-15-4-3-5-17(12-15)23-26-20(24(27)31-23)13-16-6-11-21(22(14-16)30-2)32-33(28,29)19-9-7-18(25)8-10-19/h3-14H,1-2H3/b20-13-. The molecule has 4 rings (SSSR count). The van der Waals surface area contributed by atoms with Gasteiger partial charge in [-0.1, -0.05) is 35.4 Å². The molecule has 7 nitrogen and oxygen atoms in total. The first-order chi connectivity index (χ1) is 15.7. The van der Waals surface area contributed by atoms with Gasteiger partial charge in [0.2, 0.25) is 5.90 Å². The topological polar surface area (TPSA) is 91.3 Å². The van der Waals surface area contributed by atoms with Crippen LogP contribution in [0.4, 0.5) is 0 Å². The molecule has 0 aromatic heterocycles. The fourth-order valence-corrected chi connectivity index (χ4v) is 4.14. The van der Waals surface area contributed by atoms with Crippen LogP contribution < -0.4 is 8.92 Å². The number of nitrogens with zero attached hydrogens (tertiary/aromatic N) is 1. The third kappa shape index (κ3) is 5.08. The van der Waals surface area contributed by atoms with E-state index >= 15 is 0 Å². The largest absolute Gasteiger partial charge is 0.493 e. The van der Waals surface area contributed by atoms with E-state index in [0.717, 1.165) is 5.56 Å². The number of carbonyl (C=O) groups is 1. The first-order valence-corrected chi connectivity index (χ1v) is 11.5. The zero-order valence-corrected chi connectivity index (χ0v) is 19.2. The number of aliphatic imine (C=N–C) groups is 1. The Labute approximate surface area is 196 Å². The van der Waals surface area contributed by atoms with Crippen LogP contribution in [0.5, 0.6) is 11.5 Å². The summed E-state index contributed by atoms with van der Waals surface area (Å²) in [6.07, 6.45) is 1.52. The van der Waals surface area contributed by atoms with Gasteiger partial charge in [-0.05, 0) is 67.1 Å². The summed E-state index contributed by atoms with van der Waals surface area (Å²) in [5.41, 5.74) is 2.36. The van der Waals surface area contributed by atoms with E-state index in [1.54, 1.807) is 12.1 Å². The second-order valence-corrected chi connectivity index (χ2v) is 9.09. The molecule has 0 unspecified atom stereocenters. The van der Waals surface area contributed by atoms with Crippen LogP contribution >= 0.6 is 11.6 Å². The van der Waals surface area contributed by atoms with Crippen molar-refractivity contribution in [1.82, 2.24) is 0 Å². The van der Waals surface area contributed by atoms with E-state index in [9.17, 15) is 13.2 Å². The third-order valence-corrected chi connectivity index (χ3v) is 6.18. The molecule has 0 saturated carbocycles. The number of ether oxygens (including phenoxy) is 2. The summed E-state index contributed by atoms with van der Waals surface area (Å²) in [5, 5.41) is 0.405. The summed E-state index contributed by atoms with van der Waals surface area (Å²) in [7, 11) is -2.72. The monoisotopic (exact) mass is 483 g/mol. The zero-order valence-electron chi connectivity index (χ0n) is 17.6. The molecule has 3 aromatic rings. The van der Waals surface area contributed by atoms with Crippen LogP contribution in [0.3, 0.4) is 0 Å². The number of benzene rings is 3. The number of rotatable bonds is 6. The van der Waals surface area contributed by atoms with Crippen molar-refractivity contribution in [2.24, 2.45) is 4.99 Å². The van der Waals surface area contributed by atoms with E-state index in [2.05, 4.69) is 4.99 Å². The highest BCUT2D eigenvalue weighted by molar-refractivity contribution is 7.87. The molecular weight excluding hydrogens is 466 g/mol. The molecule has 168 valence electrons. The molecule has 33 heavy (non-hydrogen) atoms. The second kappa shape index (κ2) is 9.09. The fourth-order valence-electron chi connectivity index (χ4n) is 3.08. The number of methoxy groups -OCH3 is 1. The van der Waals surface area contributed by atoms with E-state index in [-0.39, 0.29) is 28.0 Å². The lowest BCUT2D eigenvalue weighted by Crippen LogP contribution is -2.10. The van der Waals surface area contributed by atoms with Gasteiger partial charge in [0, 0.05) is 10.6 Å². The minimum atomic E-state index is -4.10. The maximum atomic E-state index is 12.6. The van der Waals surface area contributed by atoms with Crippen LogP contribution in [-0.4, -0.2) is 27.4 Å². The molecule has 0 amide bonds. The van der Waals surface area contributed by atoms with E-state index in [4.69, 9.17) is 25.3 Å². The summed E-state index contributed by atoms with van der Waals surface area (Å²) in [4.78, 5) is 16.5. The van der Waals surface area contributed by atoms with E-state index in [1.807, 2.05) is 25.1 Å². The van der Waals surface area contributed by atoms with E-state index < -0.39 is 16.1 Å². The van der Waals surface area contributed by atoms with Gasteiger partial charge >= 0.3 is 16.1 Å². The average molecular weight is 484 g/mol. The Morgan fingerprint density at radius 2 is 1.76 bits per heavy atom. The van der Waals surface area contributed by atoms with Gasteiger partial charge in [0.1, 0.15) is 4.90 Å². The lowest BCUT2D eigenvalue weighted by Gasteiger charge is -2.11. The molecule has 1 aliphatic rings. The summed E-state index contributed by atoms with van der Waals surface area (Å²) in [5.74, 6) is -0.212. The van der Waals surface area contributed by atoms with Crippen molar-refractivity contribution in [3.63, 3.8) is 0 Å². The molecular formula is C24H18ClNO6S. The third-order valence-electron chi connectivity index (χ3n) is 4.68. The Balaban J connectivity index is 1.61. The average Bonchev–Trinajstić information content (AvgIpc) is 3.15. The highest BCUT2D eigenvalue weighted by Crippen LogP contribution is 2.32. The van der Waals surface area contributed by atoms with Gasteiger partial charge in [-0.15, -0.1) is 0 Å². The number of halogens is 1. The van der Waals surface area contributed by atoms with Crippen LogP contribution in [0.25, 0.3) is 6.08 Å². The number of hydrogen-bond acceptors (Lipinski definition) is 7. The van der Waals surface area contributed by atoms with Crippen LogP contribution in [0.15, 0.2) is 82.3 Å². The molecule has 0 spiro atoms. The molecule has 0 bridgehead atoms. The Hall–Kier alpha value is -3.62. The van der Waals surface area contributed by atoms with Gasteiger partial charge in [0.25, 0.3) is 0 Å². The number of esters is 1. The molecule has 0 atom stereocenters. The SMILES string of the molecule is COc1cc(/C=C2\N=C(c3cccc(C)c3)OC2=O)ccc1OS(=O)(=O)c1ccc(Cl)cc1. The number of cyclic esters (lactones) is 1. The normalized spacial score (nSPS) is 14.7. The van der Waals surface area contributed by atoms with Crippen LogP contribution in [-0.2, 0) is 19.6 Å². The maximum absolute atomic E-state index is 12.6. The van der Waals surface area contributed by atoms with Gasteiger partial charge < -0.3 is 13.7 Å². The predicted octanol–water partition coefficient (Wildman–Crippen LogP) is 4.77. The number of carbonyl (C=O) groups excluding carboxylic acids is 1. The lowest BCUT2D eigenvalue weighted by molar-refractivity contribution is -0.129. The van der Waals surface area contributed by atoms with Crippen molar-refractivity contribution in [2.75, 3.05) is 7.11 Å². The summed E-state index contributed by atoms with van der Waals surface area (Å²) in [6, 6.07) is 17.6. The van der Waals surface area contributed by atoms with Crippen molar-refractivity contribution >= 4 is 39.7 Å².